The van der Waals surface area contributed by atoms with E-state index in [2.05, 4.69) is 96.8 Å². The van der Waals surface area contributed by atoms with Gasteiger partial charge in [0.05, 0.1) is 0 Å². The molecular formula is C33H38O3. The number of hydrogen-bond acceptors (Lipinski definition) is 3. The van der Waals surface area contributed by atoms with Crippen molar-refractivity contribution in [2.45, 2.75) is 40.5 Å². The Kier molecular flexibility index (Phi) is 9.19. The molecule has 36 heavy (non-hydrogen) atoms. The summed E-state index contributed by atoms with van der Waals surface area (Å²) >= 11 is 0. The van der Waals surface area contributed by atoms with Gasteiger partial charge in [-0.15, -0.1) is 0 Å². The third kappa shape index (κ3) is 5.91. The number of para-hydroxylation sites is 1. The summed E-state index contributed by atoms with van der Waals surface area (Å²) in [7, 11) is 0. The highest BCUT2D eigenvalue weighted by Crippen LogP contribution is 2.42. The van der Waals surface area contributed by atoms with Crippen molar-refractivity contribution in [3.05, 3.63) is 125 Å². The topological polar surface area (TPSA) is 27.7 Å². The van der Waals surface area contributed by atoms with E-state index in [0.717, 1.165) is 50.6 Å². The normalized spacial score (nSPS) is 10.7. The largest absolute Gasteiger partial charge is 0.489 e. The maximum Gasteiger partial charge on any atom is 0.126 e. The minimum absolute atomic E-state index is 0.0403. The van der Waals surface area contributed by atoms with Crippen LogP contribution in [-0.4, -0.2) is 19.8 Å². The Morgan fingerprint density at radius 2 is 0.972 bits per heavy atom. The predicted molar refractivity (Wildman–Crippen MR) is 151 cm³/mol. The smallest absolute Gasteiger partial charge is 0.126 e. The first kappa shape index (κ1) is 26.9. The highest BCUT2D eigenvalue weighted by molar-refractivity contribution is 5.57. The van der Waals surface area contributed by atoms with Crippen molar-refractivity contribution in [1.29, 1.82) is 0 Å². The molecule has 0 saturated heterocycles. The Bertz CT molecular complexity index is 1140. The van der Waals surface area contributed by atoms with E-state index in [4.69, 9.17) is 14.2 Å². The Balaban J connectivity index is 2.26. The fourth-order valence-corrected chi connectivity index (χ4v) is 4.83. The van der Waals surface area contributed by atoms with Gasteiger partial charge in [-0.2, -0.15) is 0 Å². The molecule has 0 amide bonds. The Hall–Kier alpha value is -3.72. The van der Waals surface area contributed by atoms with Crippen molar-refractivity contribution in [2.75, 3.05) is 19.8 Å². The van der Waals surface area contributed by atoms with Gasteiger partial charge in [-0.1, -0.05) is 80.4 Å². The molecule has 0 aliphatic carbocycles. The van der Waals surface area contributed by atoms with Gasteiger partial charge < -0.3 is 14.2 Å². The highest BCUT2D eigenvalue weighted by atomic mass is 16.5. The van der Waals surface area contributed by atoms with Crippen LogP contribution in [0, 0.1) is 34.6 Å². The van der Waals surface area contributed by atoms with Gasteiger partial charge in [0.15, 0.2) is 0 Å². The average Bonchev–Trinajstić information content (AvgIpc) is 2.83. The van der Waals surface area contributed by atoms with E-state index in [-0.39, 0.29) is 5.92 Å². The molecule has 0 saturated carbocycles. The predicted octanol–water partition coefficient (Wildman–Crippen LogP) is 8.10. The molecule has 0 aliphatic rings. The van der Waals surface area contributed by atoms with Crippen molar-refractivity contribution in [3.8, 4) is 17.2 Å². The molecule has 0 spiro atoms. The second-order valence-electron chi connectivity index (χ2n) is 9.19. The van der Waals surface area contributed by atoms with Crippen LogP contribution in [0.5, 0.6) is 17.2 Å². The Morgan fingerprint density at radius 1 is 0.583 bits per heavy atom. The lowest BCUT2D eigenvalue weighted by atomic mass is 9.81. The number of aryl methyl sites for hydroxylation is 5. The van der Waals surface area contributed by atoms with Crippen LogP contribution in [0.25, 0.3) is 0 Å². The molecule has 188 valence electrons. The molecule has 3 heteroatoms. The fraction of sp³-hybridized carbons (Fsp3) is 0.273. The molecule has 3 nitrogen and oxygen atoms in total. The van der Waals surface area contributed by atoms with Gasteiger partial charge in [0.25, 0.3) is 0 Å². The summed E-state index contributed by atoms with van der Waals surface area (Å²) < 4.78 is 18.2. The van der Waals surface area contributed by atoms with Crippen LogP contribution in [0.1, 0.15) is 50.4 Å². The minimum atomic E-state index is -0.0403. The van der Waals surface area contributed by atoms with Gasteiger partial charge in [0.2, 0.25) is 0 Å². The van der Waals surface area contributed by atoms with Crippen LogP contribution in [0.15, 0.2) is 80.4 Å². The zero-order chi connectivity index (χ0) is 26.2. The summed E-state index contributed by atoms with van der Waals surface area (Å²) in [4.78, 5) is 0. The van der Waals surface area contributed by atoms with Crippen molar-refractivity contribution >= 4 is 0 Å². The molecule has 0 radical (unpaired) electrons. The summed E-state index contributed by atoms with van der Waals surface area (Å²) in [5.41, 5.74) is 8.96. The second kappa shape index (κ2) is 12.3. The van der Waals surface area contributed by atoms with E-state index in [9.17, 15) is 0 Å². The van der Waals surface area contributed by atoms with Gasteiger partial charge in [-0.3, -0.25) is 0 Å². The van der Waals surface area contributed by atoms with Crippen LogP contribution in [-0.2, 0) is 0 Å². The van der Waals surface area contributed by atoms with Crippen LogP contribution >= 0.6 is 0 Å². The van der Waals surface area contributed by atoms with Crippen LogP contribution < -0.4 is 14.2 Å². The maximum atomic E-state index is 6.23. The van der Waals surface area contributed by atoms with Crippen LogP contribution in [0.3, 0.4) is 0 Å². The zero-order valence-electron chi connectivity index (χ0n) is 22.3. The Labute approximate surface area is 216 Å². The number of benzene rings is 3. The molecule has 0 unspecified atom stereocenters. The summed E-state index contributed by atoms with van der Waals surface area (Å²) in [6.45, 7) is 23.3. The lowest BCUT2D eigenvalue weighted by Gasteiger charge is -2.26. The first-order chi connectivity index (χ1) is 17.3. The van der Waals surface area contributed by atoms with Crippen LogP contribution in [0.4, 0.5) is 0 Å². The van der Waals surface area contributed by atoms with Crippen molar-refractivity contribution in [3.63, 3.8) is 0 Å². The van der Waals surface area contributed by atoms with E-state index >= 15 is 0 Å². The lowest BCUT2D eigenvalue weighted by molar-refractivity contribution is 0.355. The molecule has 3 rings (SSSR count). The molecule has 0 N–H and O–H groups in total. The SMILES string of the molecule is C=CCOc1c(C)cc(C(c2cc(C)c(OCC=C)c(C)c2)c2cccc(C)c2OCC=C)cc1C. The van der Waals surface area contributed by atoms with Crippen molar-refractivity contribution in [1.82, 2.24) is 0 Å². The van der Waals surface area contributed by atoms with Gasteiger partial charge in [0, 0.05) is 11.5 Å². The highest BCUT2D eigenvalue weighted by Gasteiger charge is 2.25. The number of rotatable bonds is 12. The monoisotopic (exact) mass is 482 g/mol. The molecule has 0 bridgehead atoms. The molecule has 0 heterocycles. The van der Waals surface area contributed by atoms with E-state index < -0.39 is 0 Å². The number of ether oxygens (including phenoxy) is 3. The average molecular weight is 483 g/mol. The molecule has 0 aromatic heterocycles. The summed E-state index contributed by atoms with van der Waals surface area (Å²) in [5.74, 6) is 2.67. The quantitative estimate of drug-likeness (QED) is 0.193. The van der Waals surface area contributed by atoms with E-state index in [1.165, 1.54) is 11.1 Å². The summed E-state index contributed by atoms with van der Waals surface area (Å²) in [6.07, 6.45) is 5.32. The maximum absolute atomic E-state index is 6.23. The second-order valence-corrected chi connectivity index (χ2v) is 9.19. The minimum Gasteiger partial charge on any atom is -0.489 e. The van der Waals surface area contributed by atoms with Gasteiger partial charge in [0.1, 0.15) is 37.1 Å². The van der Waals surface area contributed by atoms with E-state index in [1.54, 1.807) is 18.2 Å². The van der Waals surface area contributed by atoms with E-state index in [0.29, 0.717) is 19.8 Å². The first-order valence-corrected chi connectivity index (χ1v) is 12.3. The standard InChI is InChI=1S/C33H38O3/c1-9-15-34-31-23(5)18-27(19-24(31)6)30(29-14-12-13-22(4)33(29)36-17-11-3)28-20-25(7)32(26(8)21-28)35-16-10-2/h9-14,18-21,30H,1-3,15-17H2,4-8H3. The fourth-order valence-electron chi connectivity index (χ4n) is 4.83. The van der Waals surface area contributed by atoms with Gasteiger partial charge in [-0.05, 0) is 73.6 Å². The van der Waals surface area contributed by atoms with Crippen LogP contribution in [0.2, 0.25) is 0 Å². The number of hydrogen-bond donors (Lipinski definition) is 0. The third-order valence-corrected chi connectivity index (χ3v) is 6.22. The van der Waals surface area contributed by atoms with E-state index in [1.807, 2.05) is 0 Å². The zero-order valence-corrected chi connectivity index (χ0v) is 22.3. The molecule has 3 aromatic rings. The summed E-state index contributed by atoms with van der Waals surface area (Å²) in [5, 5.41) is 0. The molecule has 0 aliphatic heterocycles. The molecule has 3 aromatic carbocycles. The van der Waals surface area contributed by atoms with Crippen molar-refractivity contribution < 1.29 is 14.2 Å². The molecular weight excluding hydrogens is 444 g/mol. The third-order valence-electron chi connectivity index (χ3n) is 6.22. The molecule has 0 fully saturated rings. The summed E-state index contributed by atoms with van der Waals surface area (Å²) in [6, 6.07) is 15.2. The molecule has 0 atom stereocenters. The Morgan fingerprint density at radius 3 is 1.36 bits per heavy atom. The van der Waals surface area contributed by atoms with Crippen molar-refractivity contribution in [2.24, 2.45) is 0 Å². The van der Waals surface area contributed by atoms with Gasteiger partial charge in [-0.25, -0.2) is 0 Å². The lowest BCUT2D eigenvalue weighted by Crippen LogP contribution is -2.10. The van der Waals surface area contributed by atoms with Gasteiger partial charge >= 0.3 is 0 Å². The first-order valence-electron chi connectivity index (χ1n) is 12.3.